The van der Waals surface area contributed by atoms with Gasteiger partial charge in [0.05, 0.1) is 13.2 Å². The highest BCUT2D eigenvalue weighted by atomic mass is 35.5. The number of rotatable bonds is 8. The van der Waals surface area contributed by atoms with Crippen LogP contribution in [0.3, 0.4) is 0 Å². The number of carbonyl (C=O) groups is 1. The largest absolute Gasteiger partial charge is 0.443 e. The molecule has 0 heterocycles. The number of ether oxygens (including phenoxy) is 1. The van der Waals surface area contributed by atoms with Crippen molar-refractivity contribution in [2.24, 2.45) is 0 Å². The van der Waals surface area contributed by atoms with Crippen LogP contribution in [0.1, 0.15) is 25.3 Å². The van der Waals surface area contributed by atoms with Crippen LogP contribution in [0.15, 0.2) is 30.3 Å². The zero-order valence-electron chi connectivity index (χ0n) is 11.5. The van der Waals surface area contributed by atoms with Gasteiger partial charge < -0.3 is 13.8 Å². The van der Waals surface area contributed by atoms with Gasteiger partial charge in [0.1, 0.15) is 5.88 Å². The van der Waals surface area contributed by atoms with Crippen molar-refractivity contribution in [3.63, 3.8) is 0 Å². The van der Waals surface area contributed by atoms with Crippen molar-refractivity contribution in [2.75, 3.05) is 19.1 Å². The highest BCUT2D eigenvalue weighted by molar-refractivity contribution is 7.54. The molecule has 0 saturated carbocycles. The fourth-order valence-electron chi connectivity index (χ4n) is 1.62. The molecule has 1 aromatic carbocycles. The summed E-state index contributed by atoms with van der Waals surface area (Å²) < 4.78 is 28.5. The van der Waals surface area contributed by atoms with Crippen molar-refractivity contribution in [2.45, 2.75) is 19.7 Å². The van der Waals surface area contributed by atoms with Gasteiger partial charge in [-0.1, -0.05) is 30.3 Å². The molecule has 0 aliphatic carbocycles. The van der Waals surface area contributed by atoms with Gasteiger partial charge in [-0.2, -0.15) is 0 Å². The SMILES string of the molecule is CCOP(=O)(OCC)C(OC(=O)CCl)c1ccccc1. The Hall–Kier alpha value is -0.870. The summed E-state index contributed by atoms with van der Waals surface area (Å²) in [6, 6.07) is 8.68. The third kappa shape index (κ3) is 4.60. The van der Waals surface area contributed by atoms with Crippen molar-refractivity contribution >= 4 is 25.2 Å². The molecular formula is C13H18ClO5P. The maximum atomic E-state index is 12.8. The van der Waals surface area contributed by atoms with Crippen LogP contribution in [0.5, 0.6) is 0 Å². The minimum absolute atomic E-state index is 0.180. The lowest BCUT2D eigenvalue weighted by atomic mass is 10.2. The van der Waals surface area contributed by atoms with E-state index in [2.05, 4.69) is 0 Å². The highest BCUT2D eigenvalue weighted by Crippen LogP contribution is 2.61. The molecule has 0 aromatic heterocycles. The van der Waals surface area contributed by atoms with Gasteiger partial charge in [0.2, 0.25) is 5.85 Å². The van der Waals surface area contributed by atoms with E-state index in [1.165, 1.54) is 0 Å². The quantitative estimate of drug-likeness (QED) is 0.415. The number of benzene rings is 1. The number of halogens is 1. The summed E-state index contributed by atoms with van der Waals surface area (Å²) in [6.45, 7) is 3.74. The van der Waals surface area contributed by atoms with E-state index in [1.807, 2.05) is 0 Å². The lowest BCUT2D eigenvalue weighted by Crippen LogP contribution is -2.15. The van der Waals surface area contributed by atoms with Gasteiger partial charge in [-0.05, 0) is 13.8 Å². The van der Waals surface area contributed by atoms with Crippen LogP contribution in [-0.4, -0.2) is 25.1 Å². The Labute approximate surface area is 123 Å². The molecular weight excluding hydrogens is 303 g/mol. The molecule has 0 aliphatic rings. The molecule has 0 aliphatic heterocycles. The van der Waals surface area contributed by atoms with E-state index < -0.39 is 19.4 Å². The summed E-state index contributed by atoms with van der Waals surface area (Å²) in [5, 5.41) is 0. The fourth-order valence-corrected chi connectivity index (χ4v) is 3.53. The van der Waals surface area contributed by atoms with Crippen LogP contribution in [0.2, 0.25) is 0 Å². The van der Waals surface area contributed by atoms with Crippen molar-refractivity contribution in [1.82, 2.24) is 0 Å². The number of hydrogen-bond acceptors (Lipinski definition) is 5. The topological polar surface area (TPSA) is 61.8 Å². The summed E-state index contributed by atoms with van der Waals surface area (Å²) >= 11 is 5.44. The Morgan fingerprint density at radius 1 is 1.20 bits per heavy atom. The first-order chi connectivity index (χ1) is 9.57. The van der Waals surface area contributed by atoms with Gasteiger partial charge in [0.25, 0.3) is 0 Å². The lowest BCUT2D eigenvalue weighted by Gasteiger charge is -2.26. The minimum atomic E-state index is -3.62. The molecule has 1 aromatic rings. The number of esters is 1. The van der Waals surface area contributed by atoms with Gasteiger partial charge in [-0.3, -0.25) is 9.36 Å². The minimum Gasteiger partial charge on any atom is -0.443 e. The molecule has 0 N–H and O–H groups in total. The third-order valence-corrected chi connectivity index (χ3v) is 4.77. The first-order valence-corrected chi connectivity index (χ1v) is 8.41. The van der Waals surface area contributed by atoms with E-state index in [0.29, 0.717) is 5.56 Å². The molecule has 112 valence electrons. The molecule has 0 fully saturated rings. The second-order valence-electron chi connectivity index (χ2n) is 3.76. The average molecular weight is 321 g/mol. The Morgan fingerprint density at radius 2 is 1.75 bits per heavy atom. The van der Waals surface area contributed by atoms with Crippen molar-refractivity contribution in [3.8, 4) is 0 Å². The second-order valence-corrected chi connectivity index (χ2v) is 6.09. The highest BCUT2D eigenvalue weighted by Gasteiger charge is 2.40. The molecule has 0 saturated heterocycles. The van der Waals surface area contributed by atoms with Gasteiger partial charge in [-0.25, -0.2) is 0 Å². The number of hydrogen-bond donors (Lipinski definition) is 0. The van der Waals surface area contributed by atoms with E-state index in [1.54, 1.807) is 44.2 Å². The number of carbonyl (C=O) groups excluding carboxylic acids is 1. The van der Waals surface area contributed by atoms with Crippen LogP contribution < -0.4 is 0 Å². The Morgan fingerprint density at radius 3 is 2.20 bits per heavy atom. The van der Waals surface area contributed by atoms with E-state index >= 15 is 0 Å². The second kappa shape index (κ2) is 8.42. The molecule has 5 nitrogen and oxygen atoms in total. The molecule has 1 rings (SSSR count). The maximum Gasteiger partial charge on any atom is 0.375 e. The zero-order chi connectivity index (χ0) is 15.0. The van der Waals surface area contributed by atoms with Crippen LogP contribution in [-0.2, 0) is 23.1 Å². The van der Waals surface area contributed by atoms with Crippen LogP contribution in [0.4, 0.5) is 0 Å². The normalized spacial score (nSPS) is 12.9. The smallest absolute Gasteiger partial charge is 0.375 e. The Bertz CT molecular complexity index is 455. The summed E-state index contributed by atoms with van der Waals surface area (Å²) in [5.74, 6) is -2.13. The van der Waals surface area contributed by atoms with Crippen LogP contribution in [0, 0.1) is 0 Å². The molecule has 1 unspecified atom stereocenters. The summed E-state index contributed by atoms with van der Waals surface area (Å²) in [6.07, 6.45) is 0. The first-order valence-electron chi connectivity index (χ1n) is 6.26. The van der Waals surface area contributed by atoms with E-state index in [0.717, 1.165) is 0 Å². The fraction of sp³-hybridized carbons (Fsp3) is 0.462. The Kier molecular flexibility index (Phi) is 7.24. The third-order valence-electron chi connectivity index (χ3n) is 2.34. The summed E-state index contributed by atoms with van der Waals surface area (Å²) in [5.41, 5.74) is 0.538. The van der Waals surface area contributed by atoms with E-state index in [9.17, 15) is 9.36 Å². The molecule has 7 heteroatoms. The van der Waals surface area contributed by atoms with Gasteiger partial charge >= 0.3 is 13.6 Å². The molecule has 1 atom stereocenters. The molecule has 0 amide bonds. The molecule has 20 heavy (non-hydrogen) atoms. The predicted octanol–water partition coefficient (Wildman–Crippen LogP) is 3.73. The van der Waals surface area contributed by atoms with E-state index in [4.69, 9.17) is 25.4 Å². The van der Waals surface area contributed by atoms with Crippen molar-refractivity contribution < 1.29 is 23.1 Å². The molecule has 0 radical (unpaired) electrons. The zero-order valence-corrected chi connectivity index (χ0v) is 13.1. The summed E-state index contributed by atoms with van der Waals surface area (Å²) in [7, 11) is -3.62. The molecule has 0 bridgehead atoms. The predicted molar refractivity (Wildman–Crippen MR) is 76.9 cm³/mol. The monoisotopic (exact) mass is 320 g/mol. The lowest BCUT2D eigenvalue weighted by molar-refractivity contribution is -0.143. The maximum absolute atomic E-state index is 12.8. The van der Waals surface area contributed by atoms with Crippen molar-refractivity contribution in [3.05, 3.63) is 35.9 Å². The van der Waals surface area contributed by atoms with Crippen LogP contribution in [0.25, 0.3) is 0 Å². The van der Waals surface area contributed by atoms with Crippen molar-refractivity contribution in [1.29, 1.82) is 0 Å². The van der Waals surface area contributed by atoms with E-state index in [-0.39, 0.29) is 19.1 Å². The first kappa shape index (κ1) is 17.2. The van der Waals surface area contributed by atoms with Crippen LogP contribution >= 0.6 is 19.2 Å². The average Bonchev–Trinajstić information content (AvgIpc) is 2.45. The van der Waals surface area contributed by atoms with Gasteiger partial charge in [0.15, 0.2) is 0 Å². The number of alkyl halides is 1. The summed E-state index contributed by atoms with van der Waals surface area (Å²) in [4.78, 5) is 11.5. The van der Waals surface area contributed by atoms with Gasteiger partial charge in [-0.15, -0.1) is 11.6 Å². The Balaban J connectivity index is 3.14. The standard InChI is InChI=1S/C13H18ClO5P/c1-3-17-20(16,18-4-2)13(19-12(15)10-14)11-8-6-5-7-9-11/h5-9,13H,3-4,10H2,1-2H3. The van der Waals surface area contributed by atoms with Gasteiger partial charge in [0, 0.05) is 5.56 Å². The molecule has 0 spiro atoms.